The summed E-state index contributed by atoms with van der Waals surface area (Å²) in [7, 11) is -3.70. The van der Waals surface area contributed by atoms with Gasteiger partial charge in [-0.25, -0.2) is 8.42 Å². The number of nitrogens with zero attached hydrogens (tertiary/aromatic N) is 2. The molecule has 0 spiro atoms. The molecule has 0 radical (unpaired) electrons. The molecule has 0 atom stereocenters. The fraction of sp³-hybridized carbons (Fsp3) is 0.350. The van der Waals surface area contributed by atoms with Gasteiger partial charge in [-0.15, -0.1) is 11.8 Å². The van der Waals surface area contributed by atoms with Crippen LogP contribution in [0.1, 0.15) is 28.8 Å². The van der Waals surface area contributed by atoms with E-state index in [9.17, 15) is 13.2 Å². The van der Waals surface area contributed by atoms with Crippen LogP contribution in [0, 0.1) is 0 Å². The monoisotopic (exact) mass is 402 g/mol. The third-order valence-corrected chi connectivity index (χ3v) is 7.83. The van der Waals surface area contributed by atoms with E-state index in [4.69, 9.17) is 0 Å². The van der Waals surface area contributed by atoms with Gasteiger partial charge in [0, 0.05) is 24.5 Å². The summed E-state index contributed by atoms with van der Waals surface area (Å²) in [5.74, 6) is -0.0734. The first-order valence-corrected chi connectivity index (χ1v) is 11.8. The predicted octanol–water partition coefficient (Wildman–Crippen LogP) is 3.40. The highest BCUT2D eigenvalue weighted by atomic mass is 32.2. The minimum absolute atomic E-state index is 0.0734. The highest BCUT2D eigenvalue weighted by Gasteiger charge is 2.32. The maximum Gasteiger partial charge on any atom is 0.264 e. The maximum atomic E-state index is 13.3. The molecule has 142 valence electrons. The quantitative estimate of drug-likeness (QED) is 0.736. The molecule has 1 fully saturated rings. The SMILES string of the molecule is CSc1ccc(S(=O)(=O)N2CCc3ccccc32)cc1C(=O)N1CCCC1. The van der Waals surface area contributed by atoms with Crippen molar-refractivity contribution in [1.29, 1.82) is 0 Å². The molecule has 0 aliphatic carbocycles. The Morgan fingerprint density at radius 2 is 1.78 bits per heavy atom. The molecule has 0 N–H and O–H groups in total. The molecule has 2 aliphatic rings. The van der Waals surface area contributed by atoms with E-state index >= 15 is 0 Å². The lowest BCUT2D eigenvalue weighted by Gasteiger charge is -2.21. The Labute approximate surface area is 164 Å². The number of likely N-dealkylation sites (tertiary alicyclic amines) is 1. The largest absolute Gasteiger partial charge is 0.339 e. The Balaban J connectivity index is 1.73. The lowest BCUT2D eigenvalue weighted by atomic mass is 10.2. The normalized spacial score (nSPS) is 16.6. The highest BCUT2D eigenvalue weighted by Crippen LogP contribution is 2.34. The van der Waals surface area contributed by atoms with Crippen molar-refractivity contribution >= 4 is 33.4 Å². The van der Waals surface area contributed by atoms with E-state index < -0.39 is 10.0 Å². The summed E-state index contributed by atoms with van der Waals surface area (Å²) in [6.07, 6.45) is 4.62. The predicted molar refractivity (Wildman–Crippen MR) is 108 cm³/mol. The van der Waals surface area contributed by atoms with Crippen LogP contribution in [-0.2, 0) is 16.4 Å². The van der Waals surface area contributed by atoms with Gasteiger partial charge in [0.15, 0.2) is 0 Å². The average Bonchev–Trinajstić information content (AvgIpc) is 3.36. The van der Waals surface area contributed by atoms with E-state index in [2.05, 4.69) is 0 Å². The third kappa shape index (κ3) is 3.23. The Morgan fingerprint density at radius 3 is 2.52 bits per heavy atom. The van der Waals surface area contributed by atoms with Crippen molar-refractivity contribution < 1.29 is 13.2 Å². The number of anilines is 1. The number of carbonyl (C=O) groups is 1. The molecule has 1 saturated heterocycles. The first-order chi connectivity index (χ1) is 13.0. The van der Waals surface area contributed by atoms with Crippen molar-refractivity contribution in [2.75, 3.05) is 30.2 Å². The van der Waals surface area contributed by atoms with Gasteiger partial charge in [0.2, 0.25) is 0 Å². The standard InChI is InChI=1S/C20H22N2O3S2/c1-26-19-9-8-16(14-17(19)20(23)21-11-4-5-12-21)27(24,25)22-13-10-15-6-2-3-7-18(15)22/h2-3,6-9,14H,4-5,10-13H2,1H3. The molecular formula is C20H22N2O3S2. The van der Waals surface area contributed by atoms with Crippen LogP contribution in [0.5, 0.6) is 0 Å². The number of hydrogen-bond donors (Lipinski definition) is 0. The number of thioether (sulfide) groups is 1. The fourth-order valence-corrected chi connectivity index (χ4v) is 5.89. The summed E-state index contributed by atoms with van der Waals surface area (Å²) in [4.78, 5) is 15.7. The molecule has 0 bridgehead atoms. The zero-order valence-corrected chi connectivity index (χ0v) is 16.9. The Kier molecular flexibility index (Phi) is 4.90. The number of rotatable bonds is 4. The lowest BCUT2D eigenvalue weighted by molar-refractivity contribution is 0.0789. The molecule has 0 saturated carbocycles. The second-order valence-corrected chi connectivity index (χ2v) is 9.53. The van der Waals surface area contributed by atoms with Crippen molar-refractivity contribution in [3.05, 3.63) is 53.6 Å². The number of hydrogen-bond acceptors (Lipinski definition) is 4. The molecule has 0 aromatic heterocycles. The summed E-state index contributed by atoms with van der Waals surface area (Å²) < 4.78 is 28.0. The van der Waals surface area contributed by atoms with Gasteiger partial charge in [-0.2, -0.15) is 0 Å². The van der Waals surface area contributed by atoms with E-state index in [1.54, 1.807) is 18.2 Å². The van der Waals surface area contributed by atoms with Gasteiger partial charge in [-0.3, -0.25) is 9.10 Å². The van der Waals surface area contributed by atoms with E-state index in [0.717, 1.165) is 42.1 Å². The number of sulfonamides is 1. The highest BCUT2D eigenvalue weighted by molar-refractivity contribution is 7.98. The van der Waals surface area contributed by atoms with Gasteiger partial charge in [0.05, 0.1) is 16.1 Å². The van der Waals surface area contributed by atoms with Crippen molar-refractivity contribution in [3.63, 3.8) is 0 Å². The van der Waals surface area contributed by atoms with Gasteiger partial charge in [0.1, 0.15) is 0 Å². The number of fused-ring (bicyclic) bond motifs is 1. The minimum atomic E-state index is -3.70. The van der Waals surface area contributed by atoms with Crippen LogP contribution in [0.25, 0.3) is 0 Å². The van der Waals surface area contributed by atoms with Gasteiger partial charge in [-0.1, -0.05) is 18.2 Å². The summed E-state index contributed by atoms with van der Waals surface area (Å²) in [5, 5.41) is 0. The Bertz CT molecular complexity index is 982. The topological polar surface area (TPSA) is 57.7 Å². The van der Waals surface area contributed by atoms with Crippen LogP contribution >= 0.6 is 11.8 Å². The molecular weight excluding hydrogens is 380 g/mol. The van der Waals surface area contributed by atoms with Gasteiger partial charge in [-0.05, 0) is 55.3 Å². The van der Waals surface area contributed by atoms with Gasteiger partial charge >= 0.3 is 0 Å². The first-order valence-electron chi connectivity index (χ1n) is 9.10. The number of benzene rings is 2. The van der Waals surface area contributed by atoms with Crippen LogP contribution in [0.4, 0.5) is 5.69 Å². The molecule has 5 nitrogen and oxygen atoms in total. The van der Waals surface area contributed by atoms with Crippen molar-refractivity contribution in [3.8, 4) is 0 Å². The van der Waals surface area contributed by atoms with Crippen LogP contribution in [0.3, 0.4) is 0 Å². The van der Waals surface area contributed by atoms with Crippen molar-refractivity contribution in [1.82, 2.24) is 4.90 Å². The molecule has 0 unspecified atom stereocenters. The number of carbonyl (C=O) groups excluding carboxylic acids is 1. The molecule has 2 aliphatic heterocycles. The summed E-state index contributed by atoms with van der Waals surface area (Å²) in [5.41, 5.74) is 2.26. The van der Waals surface area contributed by atoms with Gasteiger partial charge < -0.3 is 4.90 Å². The molecule has 2 aromatic rings. The Hall–Kier alpha value is -1.99. The van der Waals surface area contributed by atoms with Crippen LogP contribution in [0.15, 0.2) is 52.3 Å². The number of amides is 1. The van der Waals surface area contributed by atoms with Crippen LogP contribution < -0.4 is 4.31 Å². The molecule has 7 heteroatoms. The van der Waals surface area contributed by atoms with Crippen molar-refractivity contribution in [2.24, 2.45) is 0 Å². The van der Waals surface area contributed by atoms with Crippen LogP contribution in [-0.4, -0.2) is 45.1 Å². The zero-order chi connectivity index (χ0) is 19.0. The van der Waals surface area contributed by atoms with Gasteiger partial charge in [0.25, 0.3) is 15.9 Å². The summed E-state index contributed by atoms with van der Waals surface area (Å²) in [6, 6.07) is 12.5. The van der Waals surface area contributed by atoms with E-state index in [1.807, 2.05) is 35.4 Å². The molecule has 1 amide bonds. The summed E-state index contributed by atoms with van der Waals surface area (Å²) in [6.45, 7) is 1.91. The lowest BCUT2D eigenvalue weighted by Crippen LogP contribution is -2.30. The molecule has 2 aromatic carbocycles. The maximum absolute atomic E-state index is 13.3. The van der Waals surface area contributed by atoms with E-state index in [-0.39, 0.29) is 10.8 Å². The smallest absolute Gasteiger partial charge is 0.264 e. The molecule has 2 heterocycles. The molecule has 27 heavy (non-hydrogen) atoms. The third-order valence-electron chi connectivity index (χ3n) is 5.23. The fourth-order valence-electron chi connectivity index (χ4n) is 3.79. The van der Waals surface area contributed by atoms with E-state index in [1.165, 1.54) is 16.1 Å². The van der Waals surface area contributed by atoms with E-state index in [0.29, 0.717) is 18.5 Å². The summed E-state index contributed by atoms with van der Waals surface area (Å²) >= 11 is 1.47. The average molecular weight is 403 g/mol. The Morgan fingerprint density at radius 1 is 1.04 bits per heavy atom. The molecule has 4 rings (SSSR count). The second kappa shape index (κ2) is 7.20. The van der Waals surface area contributed by atoms with Crippen LogP contribution in [0.2, 0.25) is 0 Å². The first kappa shape index (κ1) is 18.4. The number of para-hydroxylation sites is 1. The van der Waals surface area contributed by atoms with Crippen molar-refractivity contribution in [2.45, 2.75) is 29.1 Å². The zero-order valence-electron chi connectivity index (χ0n) is 15.2. The minimum Gasteiger partial charge on any atom is -0.339 e. The second-order valence-electron chi connectivity index (χ2n) is 6.82.